The van der Waals surface area contributed by atoms with Crippen molar-refractivity contribution in [3.8, 4) is 17.0 Å². The fourth-order valence-corrected chi connectivity index (χ4v) is 4.13. The number of nitrogens with zero attached hydrogens (tertiary/aromatic N) is 1. The standard InChI is InChI=1S/C23H21N3O4S/c1-30-19-10-6-4-8-14(19)20-21-15(13-7-3-5-9-16(13)24-21)11-17(25-20)22(27)26-18(12-31-2)23(28)29/h3-11,18,24H,12H2,1-2H3,(H,26,27)(H,28,29). The van der Waals surface area contributed by atoms with E-state index in [1.54, 1.807) is 19.4 Å². The van der Waals surface area contributed by atoms with Crippen molar-refractivity contribution in [2.45, 2.75) is 6.04 Å². The predicted molar refractivity (Wildman–Crippen MR) is 123 cm³/mol. The molecule has 3 N–H and O–H groups in total. The molecular weight excluding hydrogens is 414 g/mol. The lowest BCUT2D eigenvalue weighted by Gasteiger charge is -2.14. The number of rotatable bonds is 7. The number of aromatic nitrogens is 2. The number of fused-ring (bicyclic) bond motifs is 3. The number of nitrogens with one attached hydrogen (secondary N) is 2. The molecule has 8 heteroatoms. The number of aliphatic carboxylic acids is 1. The maximum absolute atomic E-state index is 13.0. The van der Waals surface area contributed by atoms with Gasteiger partial charge in [-0.2, -0.15) is 11.8 Å². The van der Waals surface area contributed by atoms with Crippen molar-refractivity contribution in [3.63, 3.8) is 0 Å². The average molecular weight is 436 g/mol. The van der Waals surface area contributed by atoms with Crippen molar-refractivity contribution < 1.29 is 19.4 Å². The summed E-state index contributed by atoms with van der Waals surface area (Å²) in [6, 6.07) is 15.9. The fraction of sp³-hybridized carbons (Fsp3) is 0.174. The first-order chi connectivity index (χ1) is 15.0. The monoisotopic (exact) mass is 435 g/mol. The summed E-state index contributed by atoms with van der Waals surface area (Å²) in [5.41, 5.74) is 3.13. The molecule has 7 nitrogen and oxygen atoms in total. The SMILES string of the molecule is COc1ccccc1-c1nc(C(=O)NC(CSC)C(=O)O)cc2c1[nH]c1ccccc12. The van der Waals surface area contributed by atoms with Crippen molar-refractivity contribution in [2.75, 3.05) is 19.1 Å². The summed E-state index contributed by atoms with van der Waals surface area (Å²) in [7, 11) is 1.58. The van der Waals surface area contributed by atoms with Crippen LogP contribution in [-0.4, -0.2) is 52.1 Å². The molecule has 0 saturated heterocycles. The van der Waals surface area contributed by atoms with E-state index in [2.05, 4.69) is 15.3 Å². The van der Waals surface area contributed by atoms with Crippen molar-refractivity contribution in [1.29, 1.82) is 0 Å². The third kappa shape index (κ3) is 3.94. The van der Waals surface area contributed by atoms with Crippen molar-refractivity contribution in [2.24, 2.45) is 0 Å². The van der Waals surface area contributed by atoms with E-state index >= 15 is 0 Å². The van der Waals surface area contributed by atoms with Crippen LogP contribution in [0.1, 0.15) is 10.5 Å². The Morgan fingerprint density at radius 1 is 1.16 bits per heavy atom. The maximum atomic E-state index is 13.0. The van der Waals surface area contributed by atoms with E-state index in [4.69, 9.17) is 4.74 Å². The van der Waals surface area contributed by atoms with Gasteiger partial charge in [-0.15, -0.1) is 0 Å². The number of hydrogen-bond donors (Lipinski definition) is 3. The molecule has 0 aliphatic heterocycles. The molecule has 1 atom stereocenters. The Morgan fingerprint density at radius 3 is 2.65 bits per heavy atom. The molecule has 2 heterocycles. The van der Waals surface area contributed by atoms with E-state index in [1.807, 2.05) is 48.5 Å². The first-order valence-corrected chi connectivity index (χ1v) is 11.0. The topological polar surface area (TPSA) is 104 Å². The number of benzene rings is 2. The highest BCUT2D eigenvalue weighted by molar-refractivity contribution is 7.98. The molecule has 31 heavy (non-hydrogen) atoms. The first kappa shape index (κ1) is 20.7. The molecule has 2 aromatic heterocycles. The molecule has 1 amide bonds. The summed E-state index contributed by atoms with van der Waals surface area (Å²) in [4.78, 5) is 32.5. The molecular formula is C23H21N3O4S. The molecule has 1 unspecified atom stereocenters. The van der Waals surface area contributed by atoms with Crippen molar-refractivity contribution >= 4 is 45.4 Å². The van der Waals surface area contributed by atoms with Gasteiger partial charge >= 0.3 is 5.97 Å². The van der Waals surface area contributed by atoms with Gasteiger partial charge in [-0.1, -0.05) is 30.3 Å². The largest absolute Gasteiger partial charge is 0.496 e. The zero-order valence-electron chi connectivity index (χ0n) is 17.0. The van der Waals surface area contributed by atoms with Crippen LogP contribution in [0.25, 0.3) is 33.1 Å². The number of carboxylic acid groups (broad SMARTS) is 1. The number of carboxylic acids is 1. The molecule has 4 rings (SSSR count). The van der Waals surface area contributed by atoms with Crippen molar-refractivity contribution in [1.82, 2.24) is 15.3 Å². The summed E-state index contributed by atoms with van der Waals surface area (Å²) in [5.74, 6) is -0.737. The Kier molecular flexibility index (Phi) is 5.81. The van der Waals surface area contributed by atoms with E-state index in [9.17, 15) is 14.7 Å². The second-order valence-corrected chi connectivity index (χ2v) is 7.88. The zero-order chi connectivity index (χ0) is 22.0. The highest BCUT2D eigenvalue weighted by atomic mass is 32.2. The van der Waals surface area contributed by atoms with E-state index in [-0.39, 0.29) is 11.4 Å². The van der Waals surface area contributed by atoms with E-state index in [0.29, 0.717) is 11.4 Å². The van der Waals surface area contributed by atoms with E-state index < -0.39 is 17.9 Å². The van der Waals surface area contributed by atoms with Crippen LogP contribution < -0.4 is 10.1 Å². The number of carbonyl (C=O) groups is 2. The Labute approximate surface area is 182 Å². The Morgan fingerprint density at radius 2 is 1.90 bits per heavy atom. The van der Waals surface area contributed by atoms with Gasteiger partial charge in [0.05, 0.1) is 18.3 Å². The molecule has 0 radical (unpaired) electrons. The van der Waals surface area contributed by atoms with Crippen LogP contribution in [-0.2, 0) is 4.79 Å². The third-order valence-corrected chi connectivity index (χ3v) is 5.69. The fourth-order valence-electron chi connectivity index (χ4n) is 3.57. The highest BCUT2D eigenvalue weighted by Crippen LogP contribution is 2.36. The van der Waals surface area contributed by atoms with Gasteiger partial charge in [-0.05, 0) is 30.5 Å². The van der Waals surface area contributed by atoms with Gasteiger partial charge in [0.2, 0.25) is 0 Å². The van der Waals surface area contributed by atoms with Crippen LogP contribution in [0.2, 0.25) is 0 Å². The number of amides is 1. The van der Waals surface area contributed by atoms with Gasteiger partial charge in [0, 0.05) is 27.6 Å². The lowest BCUT2D eigenvalue weighted by Crippen LogP contribution is -2.42. The summed E-state index contributed by atoms with van der Waals surface area (Å²) >= 11 is 1.35. The second kappa shape index (κ2) is 8.69. The number of methoxy groups -OCH3 is 1. The number of aromatic amines is 1. The molecule has 2 aromatic carbocycles. The Balaban J connectivity index is 1.92. The van der Waals surface area contributed by atoms with Crippen LogP contribution in [0, 0.1) is 0 Å². The summed E-state index contributed by atoms with van der Waals surface area (Å²) in [6.45, 7) is 0. The number of carbonyl (C=O) groups excluding carboxylic acids is 1. The van der Waals surface area contributed by atoms with Crippen LogP contribution in [0.4, 0.5) is 0 Å². The van der Waals surface area contributed by atoms with Crippen LogP contribution >= 0.6 is 11.8 Å². The number of para-hydroxylation sites is 2. The number of thioether (sulfide) groups is 1. The third-order valence-electron chi connectivity index (χ3n) is 5.03. The smallest absolute Gasteiger partial charge is 0.327 e. The molecule has 0 saturated carbocycles. The molecule has 0 aliphatic carbocycles. The van der Waals surface area contributed by atoms with Crippen LogP contribution in [0.5, 0.6) is 5.75 Å². The van der Waals surface area contributed by atoms with Gasteiger partial charge in [-0.3, -0.25) is 4.79 Å². The number of H-pyrrole nitrogens is 1. The minimum Gasteiger partial charge on any atom is -0.496 e. The lowest BCUT2D eigenvalue weighted by atomic mass is 10.1. The predicted octanol–water partition coefficient (Wildman–Crippen LogP) is 3.94. The minimum absolute atomic E-state index is 0.144. The minimum atomic E-state index is -1.08. The van der Waals surface area contributed by atoms with E-state index in [0.717, 1.165) is 27.4 Å². The van der Waals surface area contributed by atoms with Gasteiger partial charge in [0.15, 0.2) is 0 Å². The number of pyridine rings is 1. The molecule has 4 aromatic rings. The maximum Gasteiger partial charge on any atom is 0.327 e. The van der Waals surface area contributed by atoms with Crippen LogP contribution in [0.15, 0.2) is 54.6 Å². The number of ether oxygens (including phenoxy) is 1. The summed E-state index contributed by atoms with van der Waals surface area (Å²) in [6.07, 6.45) is 1.79. The first-order valence-electron chi connectivity index (χ1n) is 9.61. The van der Waals surface area contributed by atoms with Gasteiger partial charge in [0.1, 0.15) is 17.5 Å². The van der Waals surface area contributed by atoms with Gasteiger partial charge in [0.25, 0.3) is 5.91 Å². The zero-order valence-corrected chi connectivity index (χ0v) is 17.8. The molecule has 0 aliphatic rings. The van der Waals surface area contributed by atoms with Gasteiger partial charge in [-0.25, -0.2) is 9.78 Å². The second-order valence-electron chi connectivity index (χ2n) is 6.97. The summed E-state index contributed by atoms with van der Waals surface area (Å²) < 4.78 is 5.52. The van der Waals surface area contributed by atoms with Crippen molar-refractivity contribution in [3.05, 3.63) is 60.3 Å². The molecule has 158 valence electrons. The lowest BCUT2D eigenvalue weighted by molar-refractivity contribution is -0.138. The van der Waals surface area contributed by atoms with Gasteiger partial charge < -0.3 is 20.1 Å². The molecule has 0 bridgehead atoms. The molecule has 0 fully saturated rings. The quantitative estimate of drug-likeness (QED) is 0.406. The Bertz CT molecular complexity index is 1280. The highest BCUT2D eigenvalue weighted by Gasteiger charge is 2.23. The Hall–Kier alpha value is -3.52. The number of hydrogen-bond acceptors (Lipinski definition) is 5. The van der Waals surface area contributed by atoms with Crippen LogP contribution in [0.3, 0.4) is 0 Å². The van der Waals surface area contributed by atoms with E-state index in [1.165, 1.54) is 11.8 Å². The average Bonchev–Trinajstić information content (AvgIpc) is 3.16. The molecule has 0 spiro atoms. The normalized spacial score (nSPS) is 12.1. The summed E-state index contributed by atoms with van der Waals surface area (Å²) in [5, 5.41) is 13.8.